The summed E-state index contributed by atoms with van der Waals surface area (Å²) in [5.41, 5.74) is 10.1. The largest absolute Gasteiger partial charge is 0.397 e. The van der Waals surface area contributed by atoms with Crippen molar-refractivity contribution in [1.82, 2.24) is 0 Å². The SMILES string of the molecule is Nc1cc(S(=O)O)cc(S(=O)(=O)O)c1N. The van der Waals surface area contributed by atoms with Crippen LogP contribution in [0.25, 0.3) is 0 Å². The zero-order valence-corrected chi connectivity index (χ0v) is 8.88. The van der Waals surface area contributed by atoms with Gasteiger partial charge in [-0.3, -0.25) is 4.55 Å². The summed E-state index contributed by atoms with van der Waals surface area (Å²) in [6.07, 6.45) is 0. The van der Waals surface area contributed by atoms with E-state index in [4.69, 9.17) is 20.6 Å². The van der Waals surface area contributed by atoms with E-state index in [2.05, 4.69) is 0 Å². The summed E-state index contributed by atoms with van der Waals surface area (Å²) in [6, 6.07) is 1.84. The summed E-state index contributed by atoms with van der Waals surface area (Å²) < 4.78 is 49.8. The van der Waals surface area contributed by atoms with E-state index in [0.29, 0.717) is 0 Å². The summed E-state index contributed by atoms with van der Waals surface area (Å²) in [4.78, 5) is -0.936. The van der Waals surface area contributed by atoms with Crippen molar-refractivity contribution >= 4 is 32.6 Å². The van der Waals surface area contributed by atoms with Crippen molar-refractivity contribution < 1.29 is 21.7 Å². The molecule has 0 spiro atoms. The number of nitrogens with two attached hydrogens (primary N) is 2. The fourth-order valence-corrected chi connectivity index (χ4v) is 2.13. The van der Waals surface area contributed by atoms with Crippen LogP contribution in [0.4, 0.5) is 11.4 Å². The van der Waals surface area contributed by atoms with Gasteiger partial charge in [-0.05, 0) is 12.1 Å². The number of rotatable bonds is 2. The number of hydrogen-bond donors (Lipinski definition) is 4. The highest BCUT2D eigenvalue weighted by Crippen LogP contribution is 2.27. The van der Waals surface area contributed by atoms with Crippen molar-refractivity contribution in [2.45, 2.75) is 9.79 Å². The van der Waals surface area contributed by atoms with E-state index in [1.807, 2.05) is 0 Å². The maximum absolute atomic E-state index is 10.8. The molecule has 1 rings (SSSR count). The number of anilines is 2. The van der Waals surface area contributed by atoms with Gasteiger partial charge in [-0.15, -0.1) is 0 Å². The first-order chi connectivity index (χ1) is 6.73. The average molecular weight is 252 g/mol. The van der Waals surface area contributed by atoms with Crippen LogP contribution in [0.5, 0.6) is 0 Å². The summed E-state index contributed by atoms with van der Waals surface area (Å²) in [6.45, 7) is 0. The van der Waals surface area contributed by atoms with Crippen LogP contribution in [0.1, 0.15) is 0 Å². The Balaban J connectivity index is 3.59. The van der Waals surface area contributed by atoms with E-state index < -0.39 is 26.1 Å². The molecule has 0 amide bonds. The van der Waals surface area contributed by atoms with Gasteiger partial charge in [-0.1, -0.05) is 0 Å². The molecule has 0 aliphatic carbocycles. The molecule has 0 bridgehead atoms. The van der Waals surface area contributed by atoms with Crippen molar-refractivity contribution in [3.63, 3.8) is 0 Å². The highest BCUT2D eigenvalue weighted by molar-refractivity contribution is 7.86. The zero-order valence-electron chi connectivity index (χ0n) is 7.25. The molecule has 0 aliphatic rings. The normalized spacial score (nSPS) is 13.7. The monoisotopic (exact) mass is 252 g/mol. The summed E-state index contributed by atoms with van der Waals surface area (Å²) in [5.74, 6) is 0. The molecule has 1 unspecified atom stereocenters. The Kier molecular flexibility index (Phi) is 3.00. The first kappa shape index (κ1) is 11.9. The van der Waals surface area contributed by atoms with E-state index in [1.165, 1.54) is 0 Å². The topological polar surface area (TPSA) is 144 Å². The van der Waals surface area contributed by atoms with E-state index in [1.54, 1.807) is 0 Å². The second kappa shape index (κ2) is 3.77. The Hall–Kier alpha value is -1.16. The smallest absolute Gasteiger partial charge is 0.296 e. The highest BCUT2D eigenvalue weighted by atomic mass is 32.2. The van der Waals surface area contributed by atoms with Gasteiger partial charge >= 0.3 is 0 Å². The molecule has 0 saturated carbocycles. The zero-order chi connectivity index (χ0) is 11.8. The van der Waals surface area contributed by atoms with Gasteiger partial charge in [0.05, 0.1) is 16.3 Å². The molecule has 0 heterocycles. The molecule has 84 valence electrons. The van der Waals surface area contributed by atoms with Crippen LogP contribution >= 0.6 is 0 Å². The third-order valence-electron chi connectivity index (χ3n) is 1.63. The molecule has 0 saturated heterocycles. The number of hydrogen-bond acceptors (Lipinski definition) is 5. The van der Waals surface area contributed by atoms with Crippen LogP contribution in [0.3, 0.4) is 0 Å². The van der Waals surface area contributed by atoms with E-state index in [9.17, 15) is 12.6 Å². The van der Waals surface area contributed by atoms with Gasteiger partial charge in [-0.2, -0.15) is 8.42 Å². The quantitative estimate of drug-likeness (QED) is 0.320. The van der Waals surface area contributed by atoms with Crippen LogP contribution in [0.15, 0.2) is 21.9 Å². The molecule has 7 nitrogen and oxygen atoms in total. The maximum atomic E-state index is 10.8. The van der Waals surface area contributed by atoms with Crippen LogP contribution < -0.4 is 11.5 Å². The first-order valence-electron chi connectivity index (χ1n) is 3.51. The van der Waals surface area contributed by atoms with Gasteiger partial charge in [0.2, 0.25) is 0 Å². The van der Waals surface area contributed by atoms with Crippen LogP contribution in [-0.4, -0.2) is 21.7 Å². The number of nitrogen functional groups attached to an aromatic ring is 2. The van der Waals surface area contributed by atoms with Crippen molar-refractivity contribution in [2.75, 3.05) is 11.5 Å². The molecule has 0 radical (unpaired) electrons. The third kappa shape index (κ3) is 2.45. The van der Waals surface area contributed by atoms with Gasteiger partial charge < -0.3 is 16.0 Å². The molecule has 6 N–H and O–H groups in total. The van der Waals surface area contributed by atoms with Gasteiger partial charge in [0.25, 0.3) is 10.1 Å². The summed E-state index contributed by atoms with van der Waals surface area (Å²) >= 11 is -2.40. The van der Waals surface area contributed by atoms with Crippen molar-refractivity contribution in [3.05, 3.63) is 12.1 Å². The summed E-state index contributed by atoms with van der Waals surface area (Å²) in [5, 5.41) is 0. The van der Waals surface area contributed by atoms with Gasteiger partial charge in [0, 0.05) is 0 Å². The highest BCUT2D eigenvalue weighted by Gasteiger charge is 2.18. The predicted molar refractivity (Wildman–Crippen MR) is 54.1 cm³/mol. The Morgan fingerprint density at radius 1 is 1.27 bits per heavy atom. The first-order valence-corrected chi connectivity index (χ1v) is 6.05. The molecule has 0 aliphatic heterocycles. The molecule has 0 fully saturated rings. The van der Waals surface area contributed by atoms with Crippen molar-refractivity contribution in [2.24, 2.45) is 0 Å². The van der Waals surface area contributed by atoms with Crippen molar-refractivity contribution in [3.8, 4) is 0 Å². The second-order valence-electron chi connectivity index (χ2n) is 2.65. The summed E-state index contributed by atoms with van der Waals surface area (Å²) in [7, 11) is -4.56. The minimum absolute atomic E-state index is 0.192. The number of benzene rings is 1. The lowest BCUT2D eigenvalue weighted by Gasteiger charge is -2.07. The molecule has 15 heavy (non-hydrogen) atoms. The average Bonchev–Trinajstić information content (AvgIpc) is 2.06. The molecule has 1 atom stereocenters. The van der Waals surface area contributed by atoms with E-state index in [-0.39, 0.29) is 16.3 Å². The van der Waals surface area contributed by atoms with E-state index >= 15 is 0 Å². The van der Waals surface area contributed by atoms with Crippen LogP contribution in [-0.2, 0) is 21.2 Å². The lowest BCUT2D eigenvalue weighted by Crippen LogP contribution is -2.07. The Bertz CT molecular complexity index is 525. The molecule has 1 aromatic rings. The van der Waals surface area contributed by atoms with Crippen LogP contribution in [0.2, 0.25) is 0 Å². The fourth-order valence-electron chi connectivity index (χ4n) is 0.936. The lowest BCUT2D eigenvalue weighted by atomic mass is 10.3. The van der Waals surface area contributed by atoms with Crippen molar-refractivity contribution in [1.29, 1.82) is 0 Å². The van der Waals surface area contributed by atoms with Gasteiger partial charge in [0.15, 0.2) is 11.1 Å². The van der Waals surface area contributed by atoms with Gasteiger partial charge in [0.1, 0.15) is 4.90 Å². The van der Waals surface area contributed by atoms with E-state index in [0.717, 1.165) is 12.1 Å². The van der Waals surface area contributed by atoms with Gasteiger partial charge in [-0.25, -0.2) is 4.21 Å². The molecular weight excluding hydrogens is 244 g/mol. The molecule has 0 aromatic heterocycles. The minimum Gasteiger partial charge on any atom is -0.397 e. The molecule has 1 aromatic carbocycles. The Morgan fingerprint density at radius 3 is 2.20 bits per heavy atom. The Morgan fingerprint density at radius 2 is 1.80 bits per heavy atom. The van der Waals surface area contributed by atoms with Crippen LogP contribution in [0, 0.1) is 0 Å². The third-order valence-corrected chi connectivity index (χ3v) is 3.16. The molecular formula is C6H8N2O5S2. The predicted octanol–water partition coefficient (Wildman–Crippen LogP) is -0.322. The fraction of sp³-hybridized carbons (Fsp3) is 0. The standard InChI is InChI=1S/C6H8N2O5S2/c7-4-1-3(14(9)10)2-5(6(4)8)15(11,12)13/h1-2H,7-8H2,(H,9,10)(H,11,12,13). The lowest BCUT2D eigenvalue weighted by molar-refractivity contribution is 0.483. The second-order valence-corrected chi connectivity index (χ2v) is 5.01. The maximum Gasteiger partial charge on any atom is 0.296 e. The molecule has 9 heteroatoms. The minimum atomic E-state index is -4.56. The Labute approximate surface area is 88.1 Å².